The third-order valence-corrected chi connectivity index (χ3v) is 3.33. The van der Waals surface area contributed by atoms with E-state index >= 15 is 0 Å². The van der Waals surface area contributed by atoms with Gasteiger partial charge in [0.25, 0.3) is 0 Å². The van der Waals surface area contributed by atoms with E-state index in [0.29, 0.717) is 18.8 Å². The molecule has 0 spiro atoms. The lowest BCUT2D eigenvalue weighted by Gasteiger charge is -2.10. The summed E-state index contributed by atoms with van der Waals surface area (Å²) >= 11 is 5.74. The molecule has 2 nitrogen and oxygen atoms in total. The minimum atomic E-state index is -4.11. The Balaban J connectivity index is 2.28. The summed E-state index contributed by atoms with van der Waals surface area (Å²) < 4.78 is 38.7. The van der Waals surface area contributed by atoms with Crippen LogP contribution in [0, 0.1) is 6.92 Å². The van der Waals surface area contributed by atoms with Crippen LogP contribution in [-0.4, -0.2) is 21.6 Å². The van der Waals surface area contributed by atoms with Crippen molar-refractivity contribution in [2.24, 2.45) is 0 Å². The molecular weight excluding hydrogens is 289 g/mol. The number of halogens is 4. The summed E-state index contributed by atoms with van der Waals surface area (Å²) in [5.74, 6) is 1.16. The molecule has 2 aromatic rings. The van der Waals surface area contributed by atoms with Crippen LogP contribution in [0.4, 0.5) is 13.2 Å². The van der Waals surface area contributed by atoms with Gasteiger partial charge in [-0.3, -0.25) is 0 Å². The maximum absolute atomic E-state index is 12.3. The van der Waals surface area contributed by atoms with Crippen LogP contribution in [0.3, 0.4) is 0 Å². The molecule has 0 bridgehead atoms. The number of imidazole rings is 1. The average molecular weight is 305 g/mol. The molecule has 1 heterocycles. The number of benzene rings is 1. The summed E-state index contributed by atoms with van der Waals surface area (Å²) in [6.07, 6.45) is -4.28. The van der Waals surface area contributed by atoms with Crippen molar-refractivity contribution in [1.29, 1.82) is 0 Å². The van der Waals surface area contributed by atoms with Gasteiger partial charge in [-0.25, -0.2) is 4.98 Å². The van der Waals surface area contributed by atoms with Gasteiger partial charge in [0.1, 0.15) is 5.82 Å². The van der Waals surface area contributed by atoms with Crippen LogP contribution in [0.1, 0.15) is 24.2 Å². The topological polar surface area (TPSA) is 17.8 Å². The SMILES string of the molecule is Cc1ccc2nc(CCCl)n(CCCC(F)(F)F)c2c1. The zero-order chi connectivity index (χ0) is 14.8. The second-order valence-electron chi connectivity index (χ2n) is 4.83. The molecule has 0 unspecified atom stereocenters. The minimum Gasteiger partial charge on any atom is -0.328 e. The Morgan fingerprint density at radius 2 is 2.05 bits per heavy atom. The Bertz CT molecular complexity index is 590. The Labute approximate surface area is 120 Å². The molecule has 0 saturated heterocycles. The predicted octanol–water partition coefficient (Wildman–Crippen LogP) is 4.47. The zero-order valence-electron chi connectivity index (χ0n) is 11.2. The Kier molecular flexibility index (Phi) is 4.58. The number of rotatable bonds is 5. The van der Waals surface area contributed by atoms with Crippen molar-refractivity contribution in [2.45, 2.75) is 38.9 Å². The van der Waals surface area contributed by atoms with Gasteiger partial charge >= 0.3 is 6.18 Å². The van der Waals surface area contributed by atoms with Gasteiger partial charge in [0.05, 0.1) is 11.0 Å². The van der Waals surface area contributed by atoms with E-state index in [1.54, 1.807) is 0 Å². The predicted molar refractivity (Wildman–Crippen MR) is 74.2 cm³/mol. The molecule has 110 valence electrons. The number of nitrogens with zero attached hydrogens (tertiary/aromatic N) is 2. The fraction of sp³-hybridized carbons (Fsp3) is 0.500. The fourth-order valence-corrected chi connectivity index (χ4v) is 2.41. The van der Waals surface area contributed by atoms with Gasteiger partial charge in [-0.2, -0.15) is 13.2 Å². The average Bonchev–Trinajstić information content (AvgIpc) is 2.66. The molecule has 0 atom stereocenters. The standard InChI is InChI=1S/C14H16ClF3N2/c1-10-3-4-11-12(9-10)20(13(19-11)5-7-15)8-2-6-14(16,17)18/h3-4,9H,2,5-8H2,1H3. The lowest BCUT2D eigenvalue weighted by Crippen LogP contribution is -2.11. The molecule has 6 heteroatoms. The van der Waals surface area contributed by atoms with E-state index in [9.17, 15) is 13.2 Å². The summed E-state index contributed by atoms with van der Waals surface area (Å²) in [6.45, 7) is 2.26. The third kappa shape index (κ3) is 3.66. The zero-order valence-corrected chi connectivity index (χ0v) is 11.9. The molecule has 20 heavy (non-hydrogen) atoms. The summed E-state index contributed by atoms with van der Waals surface area (Å²) in [7, 11) is 0. The van der Waals surface area contributed by atoms with Gasteiger partial charge in [-0.15, -0.1) is 11.6 Å². The highest BCUT2D eigenvalue weighted by Gasteiger charge is 2.26. The quantitative estimate of drug-likeness (QED) is 0.745. The van der Waals surface area contributed by atoms with Crippen molar-refractivity contribution in [2.75, 3.05) is 5.88 Å². The molecule has 0 fully saturated rings. The minimum absolute atomic E-state index is 0.0538. The van der Waals surface area contributed by atoms with Gasteiger partial charge in [0.15, 0.2) is 0 Å². The number of aryl methyl sites for hydroxylation is 3. The molecule has 2 rings (SSSR count). The van der Waals surface area contributed by atoms with Crippen molar-refractivity contribution in [1.82, 2.24) is 9.55 Å². The number of hydrogen-bond acceptors (Lipinski definition) is 1. The first-order valence-corrected chi connectivity index (χ1v) is 7.02. The van der Waals surface area contributed by atoms with Crippen LogP contribution in [0.25, 0.3) is 11.0 Å². The van der Waals surface area contributed by atoms with Gasteiger partial charge < -0.3 is 4.57 Å². The molecular formula is C14H16ClF3N2. The molecule has 0 aliphatic carbocycles. The second kappa shape index (κ2) is 6.04. The van der Waals surface area contributed by atoms with Crippen molar-refractivity contribution < 1.29 is 13.2 Å². The molecule has 1 aromatic carbocycles. The normalized spacial score (nSPS) is 12.2. The Morgan fingerprint density at radius 3 is 2.70 bits per heavy atom. The van der Waals surface area contributed by atoms with E-state index in [1.807, 2.05) is 29.7 Å². The van der Waals surface area contributed by atoms with E-state index in [1.165, 1.54) is 0 Å². The smallest absolute Gasteiger partial charge is 0.328 e. The fourth-order valence-electron chi connectivity index (χ4n) is 2.25. The van der Waals surface area contributed by atoms with E-state index in [4.69, 9.17) is 11.6 Å². The van der Waals surface area contributed by atoms with Crippen molar-refractivity contribution in [3.63, 3.8) is 0 Å². The van der Waals surface area contributed by atoms with Crippen LogP contribution >= 0.6 is 11.6 Å². The lowest BCUT2D eigenvalue weighted by molar-refractivity contribution is -0.135. The van der Waals surface area contributed by atoms with Crippen LogP contribution in [0.5, 0.6) is 0 Å². The van der Waals surface area contributed by atoms with Crippen molar-refractivity contribution in [3.8, 4) is 0 Å². The van der Waals surface area contributed by atoms with Crippen LogP contribution in [0.2, 0.25) is 0 Å². The van der Waals surface area contributed by atoms with E-state index in [2.05, 4.69) is 4.98 Å². The summed E-state index contributed by atoms with van der Waals surface area (Å²) in [4.78, 5) is 4.46. The summed E-state index contributed by atoms with van der Waals surface area (Å²) in [5.41, 5.74) is 2.75. The van der Waals surface area contributed by atoms with E-state index < -0.39 is 12.6 Å². The first kappa shape index (κ1) is 15.2. The Hall–Kier alpha value is -1.23. The Morgan fingerprint density at radius 1 is 1.30 bits per heavy atom. The van der Waals surface area contributed by atoms with Crippen LogP contribution in [0.15, 0.2) is 18.2 Å². The van der Waals surface area contributed by atoms with Gasteiger partial charge in [0, 0.05) is 25.3 Å². The highest BCUT2D eigenvalue weighted by molar-refractivity contribution is 6.17. The monoisotopic (exact) mass is 304 g/mol. The number of alkyl halides is 4. The number of fused-ring (bicyclic) bond motifs is 1. The largest absolute Gasteiger partial charge is 0.389 e. The molecule has 1 aromatic heterocycles. The van der Waals surface area contributed by atoms with Gasteiger partial charge in [-0.05, 0) is 31.0 Å². The summed E-state index contributed by atoms with van der Waals surface area (Å²) in [5, 5.41) is 0. The number of hydrogen-bond donors (Lipinski definition) is 0. The lowest BCUT2D eigenvalue weighted by atomic mass is 10.2. The molecule has 0 radical (unpaired) electrons. The highest BCUT2D eigenvalue weighted by Crippen LogP contribution is 2.24. The maximum atomic E-state index is 12.3. The summed E-state index contributed by atoms with van der Waals surface area (Å²) in [6, 6.07) is 5.79. The van der Waals surface area contributed by atoms with Gasteiger partial charge in [-0.1, -0.05) is 6.07 Å². The first-order valence-electron chi connectivity index (χ1n) is 6.49. The molecule has 0 N–H and O–H groups in total. The molecule has 0 aliphatic rings. The van der Waals surface area contributed by atoms with Gasteiger partial charge in [0.2, 0.25) is 0 Å². The molecule has 0 saturated carbocycles. The molecule has 0 amide bonds. The van der Waals surface area contributed by atoms with Crippen LogP contribution < -0.4 is 0 Å². The molecule has 0 aliphatic heterocycles. The maximum Gasteiger partial charge on any atom is 0.389 e. The number of aromatic nitrogens is 2. The van der Waals surface area contributed by atoms with Crippen molar-refractivity contribution in [3.05, 3.63) is 29.6 Å². The van der Waals surface area contributed by atoms with Crippen molar-refractivity contribution >= 4 is 22.6 Å². The first-order chi connectivity index (χ1) is 9.40. The second-order valence-corrected chi connectivity index (χ2v) is 5.21. The highest BCUT2D eigenvalue weighted by atomic mass is 35.5. The van der Waals surface area contributed by atoms with Crippen LogP contribution in [-0.2, 0) is 13.0 Å². The third-order valence-electron chi connectivity index (χ3n) is 3.14. The van der Waals surface area contributed by atoms with E-state index in [-0.39, 0.29) is 6.42 Å². The van der Waals surface area contributed by atoms with E-state index in [0.717, 1.165) is 22.4 Å².